The zero-order valence-electron chi connectivity index (χ0n) is 17.6. The van der Waals surface area contributed by atoms with E-state index in [-0.39, 0.29) is 12.2 Å². The maximum Gasteiger partial charge on any atom is 0.335 e. The fourth-order valence-corrected chi connectivity index (χ4v) is 3.24. The van der Waals surface area contributed by atoms with Crippen molar-refractivity contribution in [3.05, 3.63) is 78.1 Å². The molecule has 0 aliphatic carbocycles. The van der Waals surface area contributed by atoms with E-state index in [2.05, 4.69) is 4.98 Å². The Morgan fingerprint density at radius 2 is 1.74 bits per heavy atom. The number of carboxylic acid groups (broad SMARTS) is 1. The van der Waals surface area contributed by atoms with Crippen LogP contribution in [0.2, 0.25) is 0 Å². The van der Waals surface area contributed by atoms with Gasteiger partial charge in [-0.2, -0.15) is 0 Å². The average molecular weight is 417 g/mol. The minimum atomic E-state index is -0.989. The summed E-state index contributed by atoms with van der Waals surface area (Å²) >= 11 is 0. The standard InChI is InChI=1S/C24H23N3O4/c1-26(2)17-7-5-9-19(13-17)31-20-10-11-21-22(14-20)27(3)23(25-21)15-30-18-8-4-6-16(12-18)24(28)29/h4-14H,15H2,1-3H3,(H,28,29). The second-order valence-corrected chi connectivity index (χ2v) is 7.35. The summed E-state index contributed by atoms with van der Waals surface area (Å²) in [6.45, 7) is 0.218. The van der Waals surface area contributed by atoms with Crippen LogP contribution in [0.3, 0.4) is 0 Å². The quantitative estimate of drug-likeness (QED) is 0.469. The van der Waals surface area contributed by atoms with Crippen molar-refractivity contribution < 1.29 is 19.4 Å². The number of nitrogens with zero attached hydrogens (tertiary/aromatic N) is 3. The third-order valence-electron chi connectivity index (χ3n) is 4.96. The lowest BCUT2D eigenvalue weighted by atomic mass is 10.2. The Morgan fingerprint density at radius 3 is 2.52 bits per heavy atom. The number of aryl methyl sites for hydroxylation is 1. The van der Waals surface area contributed by atoms with Crippen molar-refractivity contribution in [1.82, 2.24) is 9.55 Å². The fraction of sp³-hybridized carbons (Fsp3) is 0.167. The number of carboxylic acids is 1. The number of rotatable bonds is 7. The molecule has 0 fully saturated rings. The topological polar surface area (TPSA) is 76.8 Å². The first-order valence-electron chi connectivity index (χ1n) is 9.77. The number of aromatic carboxylic acids is 1. The van der Waals surface area contributed by atoms with Crippen molar-refractivity contribution in [2.24, 2.45) is 7.05 Å². The first-order valence-corrected chi connectivity index (χ1v) is 9.77. The maximum absolute atomic E-state index is 11.1. The number of aromatic nitrogens is 2. The molecule has 0 amide bonds. The largest absolute Gasteiger partial charge is 0.486 e. The number of hydrogen-bond acceptors (Lipinski definition) is 5. The van der Waals surface area contributed by atoms with Crippen LogP contribution >= 0.6 is 0 Å². The molecule has 3 aromatic carbocycles. The van der Waals surface area contributed by atoms with Gasteiger partial charge in [0.25, 0.3) is 0 Å². The highest BCUT2D eigenvalue weighted by Gasteiger charge is 2.11. The number of imidazole rings is 1. The number of ether oxygens (including phenoxy) is 2. The van der Waals surface area contributed by atoms with Gasteiger partial charge in [0.2, 0.25) is 0 Å². The van der Waals surface area contributed by atoms with Crippen molar-refractivity contribution in [3.63, 3.8) is 0 Å². The van der Waals surface area contributed by atoms with Gasteiger partial charge in [-0.15, -0.1) is 0 Å². The van der Waals surface area contributed by atoms with Gasteiger partial charge >= 0.3 is 5.97 Å². The smallest absolute Gasteiger partial charge is 0.335 e. The molecule has 0 atom stereocenters. The predicted molar refractivity (Wildman–Crippen MR) is 119 cm³/mol. The number of carbonyl (C=O) groups is 1. The Bertz CT molecular complexity index is 1250. The number of hydrogen-bond donors (Lipinski definition) is 1. The van der Waals surface area contributed by atoms with Crippen LogP contribution in [0.1, 0.15) is 16.2 Å². The van der Waals surface area contributed by atoms with E-state index in [1.54, 1.807) is 12.1 Å². The van der Waals surface area contributed by atoms with Crippen molar-refractivity contribution in [2.45, 2.75) is 6.61 Å². The summed E-state index contributed by atoms with van der Waals surface area (Å²) in [5, 5.41) is 9.12. The molecule has 31 heavy (non-hydrogen) atoms. The summed E-state index contributed by atoms with van der Waals surface area (Å²) in [6, 6.07) is 20.0. The highest BCUT2D eigenvalue weighted by Crippen LogP contribution is 2.28. The van der Waals surface area contributed by atoms with Crippen LogP contribution in [0.15, 0.2) is 66.7 Å². The van der Waals surface area contributed by atoms with Gasteiger partial charge in [0.1, 0.15) is 29.7 Å². The Kier molecular flexibility index (Phi) is 5.49. The molecule has 4 aromatic rings. The molecular weight excluding hydrogens is 394 g/mol. The van der Waals surface area contributed by atoms with E-state index in [0.717, 1.165) is 28.3 Å². The highest BCUT2D eigenvalue weighted by molar-refractivity contribution is 5.88. The first-order chi connectivity index (χ1) is 14.9. The molecule has 1 aromatic heterocycles. The van der Waals surface area contributed by atoms with Crippen LogP contribution in [-0.2, 0) is 13.7 Å². The van der Waals surface area contributed by atoms with Crippen molar-refractivity contribution >= 4 is 22.7 Å². The molecule has 0 saturated heterocycles. The van der Waals surface area contributed by atoms with Gasteiger partial charge in [0, 0.05) is 39.0 Å². The molecule has 0 spiro atoms. The summed E-state index contributed by atoms with van der Waals surface area (Å²) in [6.07, 6.45) is 0. The van der Waals surface area contributed by atoms with Crippen molar-refractivity contribution in [1.29, 1.82) is 0 Å². The van der Waals surface area contributed by atoms with E-state index in [9.17, 15) is 4.79 Å². The molecule has 0 aliphatic rings. The molecule has 1 N–H and O–H groups in total. The minimum Gasteiger partial charge on any atom is -0.486 e. The molecule has 0 saturated carbocycles. The molecular formula is C24H23N3O4. The highest BCUT2D eigenvalue weighted by atomic mass is 16.5. The lowest BCUT2D eigenvalue weighted by molar-refractivity contribution is 0.0696. The van der Waals surface area contributed by atoms with Crippen LogP contribution in [0.4, 0.5) is 5.69 Å². The second-order valence-electron chi connectivity index (χ2n) is 7.35. The Morgan fingerprint density at radius 1 is 1.00 bits per heavy atom. The van der Waals surface area contributed by atoms with Crippen molar-refractivity contribution in [3.8, 4) is 17.2 Å². The third-order valence-corrected chi connectivity index (χ3v) is 4.96. The number of anilines is 1. The summed E-state index contributed by atoms with van der Waals surface area (Å²) in [5.41, 5.74) is 2.99. The number of benzene rings is 3. The van der Waals surface area contributed by atoms with E-state index >= 15 is 0 Å². The van der Waals surface area contributed by atoms with Gasteiger partial charge in [0.05, 0.1) is 16.6 Å². The SMILES string of the molecule is CN(C)c1cccc(Oc2ccc3nc(COc4cccc(C(=O)O)c4)n(C)c3c2)c1. The molecule has 0 unspecified atom stereocenters. The monoisotopic (exact) mass is 417 g/mol. The van der Waals surface area contributed by atoms with Gasteiger partial charge in [-0.05, 0) is 42.5 Å². The van der Waals surface area contributed by atoms with E-state index in [4.69, 9.17) is 14.6 Å². The Hall–Kier alpha value is -4.00. The lowest BCUT2D eigenvalue weighted by Crippen LogP contribution is -2.08. The van der Waals surface area contributed by atoms with Crippen molar-refractivity contribution in [2.75, 3.05) is 19.0 Å². The van der Waals surface area contributed by atoms with E-state index in [0.29, 0.717) is 11.5 Å². The molecule has 1 heterocycles. The average Bonchev–Trinajstić information content (AvgIpc) is 3.08. The van der Waals surface area contributed by atoms with Crippen LogP contribution in [0.25, 0.3) is 11.0 Å². The predicted octanol–water partition coefficient (Wildman–Crippen LogP) is 4.71. The van der Waals surface area contributed by atoms with Gasteiger partial charge in [-0.25, -0.2) is 9.78 Å². The maximum atomic E-state index is 11.1. The normalized spacial score (nSPS) is 10.8. The summed E-state index contributed by atoms with van der Waals surface area (Å²) in [7, 11) is 5.89. The van der Waals surface area contributed by atoms with Crippen LogP contribution in [0.5, 0.6) is 17.2 Å². The molecule has 7 nitrogen and oxygen atoms in total. The molecule has 0 bridgehead atoms. The van der Waals surface area contributed by atoms with E-state index in [1.807, 2.05) is 73.1 Å². The third kappa shape index (κ3) is 4.45. The van der Waals surface area contributed by atoms with Gasteiger partial charge in [-0.1, -0.05) is 12.1 Å². The number of fused-ring (bicyclic) bond motifs is 1. The van der Waals surface area contributed by atoms with Crippen LogP contribution < -0.4 is 14.4 Å². The second kappa shape index (κ2) is 8.39. The zero-order chi connectivity index (χ0) is 22.0. The minimum absolute atomic E-state index is 0.183. The molecule has 7 heteroatoms. The van der Waals surface area contributed by atoms with E-state index < -0.39 is 5.97 Å². The summed E-state index contributed by atoms with van der Waals surface area (Å²) in [4.78, 5) is 17.8. The van der Waals surface area contributed by atoms with Gasteiger partial charge in [0.15, 0.2) is 0 Å². The van der Waals surface area contributed by atoms with Gasteiger partial charge < -0.3 is 24.0 Å². The molecule has 158 valence electrons. The van der Waals surface area contributed by atoms with Crippen LogP contribution in [0, 0.1) is 0 Å². The zero-order valence-corrected chi connectivity index (χ0v) is 17.6. The first kappa shape index (κ1) is 20.3. The van der Waals surface area contributed by atoms with Gasteiger partial charge in [-0.3, -0.25) is 0 Å². The van der Waals surface area contributed by atoms with Crippen LogP contribution in [-0.4, -0.2) is 34.7 Å². The molecule has 4 rings (SSSR count). The van der Waals surface area contributed by atoms with E-state index in [1.165, 1.54) is 12.1 Å². The molecule has 0 radical (unpaired) electrons. The summed E-state index contributed by atoms with van der Waals surface area (Å²) in [5.74, 6) is 1.69. The summed E-state index contributed by atoms with van der Waals surface area (Å²) < 4.78 is 13.8. The molecule has 0 aliphatic heterocycles. The Labute approximate surface area is 180 Å². The fourth-order valence-electron chi connectivity index (χ4n) is 3.24. The Balaban J connectivity index is 1.53. The lowest BCUT2D eigenvalue weighted by Gasteiger charge is -2.14.